The highest BCUT2D eigenvalue weighted by atomic mass is 16.5. The number of ketones is 1. The van der Waals surface area contributed by atoms with Crippen molar-refractivity contribution in [1.29, 1.82) is 0 Å². The molecule has 2 N–H and O–H groups in total. The number of anilines is 1. The Morgan fingerprint density at radius 1 is 1.42 bits per heavy atom. The lowest BCUT2D eigenvalue weighted by molar-refractivity contribution is -0.123. The van der Waals surface area contributed by atoms with Gasteiger partial charge in [-0.2, -0.15) is 0 Å². The van der Waals surface area contributed by atoms with Crippen LogP contribution in [0.1, 0.15) is 31.7 Å². The van der Waals surface area contributed by atoms with E-state index in [2.05, 4.69) is 4.90 Å². The monoisotopic (exact) mass is 262 g/mol. The van der Waals surface area contributed by atoms with Crippen LogP contribution in [0.15, 0.2) is 18.2 Å². The van der Waals surface area contributed by atoms with E-state index in [1.807, 2.05) is 39.1 Å². The lowest BCUT2D eigenvalue weighted by atomic mass is 9.88. The third-order valence-electron chi connectivity index (χ3n) is 3.42. The van der Waals surface area contributed by atoms with Crippen molar-refractivity contribution >= 4 is 11.5 Å². The largest absolute Gasteiger partial charge is 0.489 e. The minimum absolute atomic E-state index is 0.0219. The number of rotatable bonds is 3. The van der Waals surface area contributed by atoms with Crippen LogP contribution < -0.4 is 10.5 Å². The lowest BCUT2D eigenvalue weighted by Crippen LogP contribution is -2.37. The number of nitrogens with two attached hydrogens (primary N) is 1. The average molecular weight is 262 g/mol. The molecule has 1 heterocycles. The number of Topliss-reactive ketones (excluding diaryl/α,β-unsaturated/α-hetero) is 1. The number of hydrogen-bond donors (Lipinski definition) is 1. The van der Waals surface area contributed by atoms with Gasteiger partial charge >= 0.3 is 0 Å². The molecule has 4 nitrogen and oxygen atoms in total. The van der Waals surface area contributed by atoms with Crippen LogP contribution >= 0.6 is 0 Å². The quantitative estimate of drug-likeness (QED) is 0.847. The van der Waals surface area contributed by atoms with Crippen molar-refractivity contribution in [3.63, 3.8) is 0 Å². The van der Waals surface area contributed by atoms with E-state index in [0.717, 1.165) is 18.5 Å². The summed E-state index contributed by atoms with van der Waals surface area (Å²) < 4.78 is 5.69. The number of ether oxygens (including phenoxy) is 1. The Morgan fingerprint density at radius 2 is 2.16 bits per heavy atom. The topological polar surface area (TPSA) is 55.6 Å². The van der Waals surface area contributed by atoms with Gasteiger partial charge in [0.1, 0.15) is 5.75 Å². The molecule has 2 rings (SSSR count). The van der Waals surface area contributed by atoms with Gasteiger partial charge in [0.2, 0.25) is 0 Å². The third-order valence-corrected chi connectivity index (χ3v) is 3.42. The summed E-state index contributed by atoms with van der Waals surface area (Å²) in [5, 5.41) is 0. The fraction of sp³-hybridized carbons (Fsp3) is 0.533. The molecule has 1 saturated heterocycles. The molecule has 1 aromatic rings. The van der Waals surface area contributed by atoms with Gasteiger partial charge < -0.3 is 10.5 Å². The van der Waals surface area contributed by atoms with E-state index in [-0.39, 0.29) is 17.8 Å². The zero-order chi connectivity index (χ0) is 14.0. The summed E-state index contributed by atoms with van der Waals surface area (Å²) in [5.74, 6) is 0.930. The highest BCUT2D eigenvalue weighted by Crippen LogP contribution is 2.31. The summed E-state index contributed by atoms with van der Waals surface area (Å²) in [6.45, 7) is 5.40. The van der Waals surface area contributed by atoms with Crippen molar-refractivity contribution in [2.45, 2.75) is 32.3 Å². The van der Waals surface area contributed by atoms with E-state index in [4.69, 9.17) is 10.5 Å². The van der Waals surface area contributed by atoms with E-state index in [9.17, 15) is 4.79 Å². The number of likely N-dealkylation sites (tertiary alicyclic amines) is 1. The fourth-order valence-corrected chi connectivity index (χ4v) is 2.44. The van der Waals surface area contributed by atoms with E-state index in [1.54, 1.807) is 0 Å². The first-order chi connectivity index (χ1) is 8.97. The lowest BCUT2D eigenvalue weighted by Gasteiger charge is -2.28. The zero-order valence-electron chi connectivity index (χ0n) is 11.8. The first-order valence-corrected chi connectivity index (χ1v) is 6.74. The van der Waals surface area contributed by atoms with Crippen LogP contribution in [-0.4, -0.2) is 36.9 Å². The molecule has 1 aliphatic rings. The van der Waals surface area contributed by atoms with Gasteiger partial charge in [-0.15, -0.1) is 0 Å². The normalized spacial score (nSPS) is 20.8. The van der Waals surface area contributed by atoms with Crippen LogP contribution in [0, 0.1) is 0 Å². The number of nitrogen functional groups attached to an aromatic ring is 1. The summed E-state index contributed by atoms with van der Waals surface area (Å²) in [7, 11) is 1.98. The van der Waals surface area contributed by atoms with Gasteiger partial charge in [-0.05, 0) is 51.6 Å². The third kappa shape index (κ3) is 3.26. The number of benzene rings is 1. The zero-order valence-corrected chi connectivity index (χ0v) is 11.8. The Labute approximate surface area is 114 Å². The van der Waals surface area contributed by atoms with Crippen LogP contribution in [0.5, 0.6) is 5.75 Å². The molecule has 0 radical (unpaired) electrons. The maximum Gasteiger partial charge on any atom is 0.154 e. The number of piperidine rings is 1. The highest BCUT2D eigenvalue weighted by molar-refractivity contribution is 5.88. The summed E-state index contributed by atoms with van der Waals surface area (Å²) in [6, 6.07) is 5.69. The van der Waals surface area contributed by atoms with Crippen molar-refractivity contribution in [2.24, 2.45) is 0 Å². The Kier molecular flexibility index (Phi) is 4.10. The van der Waals surface area contributed by atoms with Crippen LogP contribution in [0.3, 0.4) is 0 Å². The second-order valence-corrected chi connectivity index (χ2v) is 5.51. The van der Waals surface area contributed by atoms with Crippen LogP contribution in [-0.2, 0) is 4.79 Å². The first-order valence-electron chi connectivity index (χ1n) is 6.74. The van der Waals surface area contributed by atoms with Crippen molar-refractivity contribution in [1.82, 2.24) is 4.90 Å². The molecule has 0 amide bonds. The molecule has 1 atom stereocenters. The molecular weight excluding hydrogens is 240 g/mol. The van der Waals surface area contributed by atoms with Crippen LogP contribution in [0.2, 0.25) is 0 Å². The Hall–Kier alpha value is -1.55. The molecule has 104 valence electrons. The first kappa shape index (κ1) is 13.9. The van der Waals surface area contributed by atoms with Crippen LogP contribution in [0.4, 0.5) is 5.69 Å². The van der Waals surface area contributed by atoms with Crippen molar-refractivity contribution in [2.75, 3.05) is 25.9 Å². The van der Waals surface area contributed by atoms with Crippen molar-refractivity contribution in [3.8, 4) is 5.75 Å². The number of likely N-dealkylation sites (N-methyl/N-ethyl adjacent to an activating group) is 1. The smallest absolute Gasteiger partial charge is 0.154 e. The van der Waals surface area contributed by atoms with E-state index in [1.165, 1.54) is 0 Å². The summed E-state index contributed by atoms with van der Waals surface area (Å²) in [4.78, 5) is 14.2. The van der Waals surface area contributed by atoms with Gasteiger partial charge in [0, 0.05) is 5.92 Å². The number of carbonyl (C=O) groups excluding carboxylic acids is 1. The molecular formula is C15H22N2O2. The van der Waals surface area contributed by atoms with E-state index in [0.29, 0.717) is 18.0 Å². The molecule has 1 fully saturated rings. The van der Waals surface area contributed by atoms with E-state index < -0.39 is 0 Å². The SMILES string of the molecule is CC(C)Oc1cc(C2CCN(C)CC2=O)ccc1N. The summed E-state index contributed by atoms with van der Waals surface area (Å²) in [5.41, 5.74) is 7.55. The number of nitrogens with zero attached hydrogens (tertiary/aromatic N) is 1. The molecule has 1 aromatic carbocycles. The summed E-state index contributed by atoms with van der Waals surface area (Å²) in [6.07, 6.45) is 0.936. The van der Waals surface area contributed by atoms with Gasteiger partial charge in [-0.3, -0.25) is 9.69 Å². The number of carbonyl (C=O) groups is 1. The maximum atomic E-state index is 12.1. The van der Waals surface area contributed by atoms with Gasteiger partial charge in [0.05, 0.1) is 18.3 Å². The fourth-order valence-electron chi connectivity index (χ4n) is 2.44. The second-order valence-electron chi connectivity index (χ2n) is 5.51. The second kappa shape index (κ2) is 5.61. The molecule has 0 saturated carbocycles. The molecule has 1 aliphatic heterocycles. The minimum atomic E-state index is -0.0219. The van der Waals surface area contributed by atoms with Crippen molar-refractivity contribution in [3.05, 3.63) is 23.8 Å². The van der Waals surface area contributed by atoms with Crippen molar-refractivity contribution < 1.29 is 9.53 Å². The van der Waals surface area contributed by atoms with Gasteiger partial charge in [0.15, 0.2) is 5.78 Å². The Morgan fingerprint density at radius 3 is 2.79 bits per heavy atom. The van der Waals surface area contributed by atoms with Crippen LogP contribution in [0.25, 0.3) is 0 Å². The van der Waals surface area contributed by atoms with Gasteiger partial charge in [-0.1, -0.05) is 6.07 Å². The Balaban J connectivity index is 2.23. The summed E-state index contributed by atoms with van der Waals surface area (Å²) >= 11 is 0. The van der Waals surface area contributed by atoms with Gasteiger partial charge in [-0.25, -0.2) is 0 Å². The standard InChI is InChI=1S/C15H22N2O2/c1-10(2)19-15-8-11(4-5-13(15)16)12-6-7-17(3)9-14(12)18/h4-5,8,10,12H,6-7,9,16H2,1-3H3. The average Bonchev–Trinajstić information content (AvgIpc) is 2.32. The molecule has 1 unspecified atom stereocenters. The minimum Gasteiger partial charge on any atom is -0.489 e. The highest BCUT2D eigenvalue weighted by Gasteiger charge is 2.27. The molecule has 0 spiro atoms. The number of hydrogen-bond acceptors (Lipinski definition) is 4. The Bertz CT molecular complexity index is 471. The molecule has 19 heavy (non-hydrogen) atoms. The molecule has 4 heteroatoms. The predicted molar refractivity (Wildman–Crippen MR) is 76.5 cm³/mol. The predicted octanol–water partition coefficient (Wildman–Crippen LogP) is 2.04. The maximum absolute atomic E-state index is 12.1. The molecule has 0 bridgehead atoms. The van der Waals surface area contributed by atoms with Gasteiger partial charge in [0.25, 0.3) is 0 Å². The molecule has 0 aromatic heterocycles. The van der Waals surface area contributed by atoms with E-state index >= 15 is 0 Å². The molecule has 0 aliphatic carbocycles.